The summed E-state index contributed by atoms with van der Waals surface area (Å²) < 4.78 is 6.11. The van der Waals surface area contributed by atoms with Gasteiger partial charge in [-0.1, -0.05) is 24.3 Å². The molecule has 0 bridgehead atoms. The number of benzene rings is 1. The average molecular weight is 258 g/mol. The van der Waals surface area contributed by atoms with E-state index < -0.39 is 0 Å². The van der Waals surface area contributed by atoms with Crippen LogP contribution in [0.3, 0.4) is 0 Å². The van der Waals surface area contributed by atoms with Crippen LogP contribution in [0.4, 0.5) is 0 Å². The second-order valence-corrected chi connectivity index (χ2v) is 5.52. The molecule has 3 aliphatic rings. The molecular formula is C15H20N3O. The Labute approximate surface area is 114 Å². The topological polar surface area (TPSA) is 36.5 Å². The molecule has 0 aromatic heterocycles. The zero-order chi connectivity index (χ0) is 12.7. The molecule has 4 heteroatoms. The van der Waals surface area contributed by atoms with E-state index in [9.17, 15) is 0 Å². The Morgan fingerprint density at radius 2 is 2.16 bits per heavy atom. The maximum Gasteiger partial charge on any atom is 0.0989 e. The lowest BCUT2D eigenvalue weighted by atomic mass is 9.93. The molecule has 4 nitrogen and oxygen atoms in total. The number of rotatable bonds is 1. The summed E-state index contributed by atoms with van der Waals surface area (Å²) in [7, 11) is 0. The van der Waals surface area contributed by atoms with Gasteiger partial charge < -0.3 is 10.1 Å². The van der Waals surface area contributed by atoms with Crippen molar-refractivity contribution in [1.82, 2.24) is 15.5 Å². The van der Waals surface area contributed by atoms with Crippen molar-refractivity contribution in [1.29, 1.82) is 0 Å². The predicted octanol–water partition coefficient (Wildman–Crippen LogP) is 0.342. The molecule has 2 atom stereocenters. The van der Waals surface area contributed by atoms with Crippen LogP contribution in [0.15, 0.2) is 24.3 Å². The van der Waals surface area contributed by atoms with Crippen LogP contribution in [0.2, 0.25) is 0 Å². The van der Waals surface area contributed by atoms with Crippen LogP contribution in [0.5, 0.6) is 0 Å². The molecule has 3 aliphatic heterocycles. The fourth-order valence-electron chi connectivity index (χ4n) is 3.50. The first kappa shape index (κ1) is 11.9. The van der Waals surface area contributed by atoms with Crippen LogP contribution in [0, 0.1) is 6.04 Å². The highest BCUT2D eigenvalue weighted by molar-refractivity contribution is 5.44. The molecular weight excluding hydrogens is 238 g/mol. The lowest BCUT2D eigenvalue weighted by Gasteiger charge is -2.46. The molecule has 4 rings (SSSR count). The average Bonchev–Trinajstić information content (AvgIpc) is 2.90. The van der Waals surface area contributed by atoms with E-state index in [0.717, 1.165) is 39.3 Å². The third-order valence-electron chi connectivity index (χ3n) is 4.49. The molecule has 2 N–H and O–H groups in total. The van der Waals surface area contributed by atoms with Crippen molar-refractivity contribution in [3.63, 3.8) is 0 Å². The first-order valence-corrected chi connectivity index (χ1v) is 7.19. The number of ether oxygens (including phenoxy) is 1. The van der Waals surface area contributed by atoms with Gasteiger partial charge in [0.1, 0.15) is 0 Å². The minimum Gasteiger partial charge on any atom is -0.373 e. The van der Waals surface area contributed by atoms with Gasteiger partial charge >= 0.3 is 0 Å². The Morgan fingerprint density at radius 3 is 3.16 bits per heavy atom. The molecule has 101 valence electrons. The minimum atomic E-state index is 0.185. The third-order valence-corrected chi connectivity index (χ3v) is 4.49. The van der Waals surface area contributed by atoms with Gasteiger partial charge in [0.15, 0.2) is 0 Å². The number of piperazine rings is 1. The van der Waals surface area contributed by atoms with Crippen LogP contribution >= 0.6 is 0 Å². The van der Waals surface area contributed by atoms with Gasteiger partial charge in [-0.05, 0) is 11.1 Å². The highest BCUT2D eigenvalue weighted by Gasteiger charge is 2.41. The maximum atomic E-state index is 6.11. The molecule has 1 radical (unpaired) electrons. The van der Waals surface area contributed by atoms with Crippen LogP contribution in [0.25, 0.3) is 0 Å². The lowest BCUT2D eigenvalue weighted by Crippen LogP contribution is -2.62. The second kappa shape index (κ2) is 4.87. The quantitative estimate of drug-likeness (QED) is 0.762. The van der Waals surface area contributed by atoms with Gasteiger partial charge in [0.2, 0.25) is 0 Å². The van der Waals surface area contributed by atoms with E-state index in [1.807, 2.05) is 0 Å². The van der Waals surface area contributed by atoms with E-state index in [0.29, 0.717) is 6.04 Å². The smallest absolute Gasteiger partial charge is 0.0989 e. The number of nitrogens with zero attached hydrogens (tertiary/aromatic N) is 1. The summed E-state index contributed by atoms with van der Waals surface area (Å²) in [6.07, 6.45) is 0.185. The molecule has 0 amide bonds. The Bertz CT molecular complexity index is 462. The first-order chi connectivity index (χ1) is 9.43. The zero-order valence-corrected chi connectivity index (χ0v) is 11.1. The predicted molar refractivity (Wildman–Crippen MR) is 73.6 cm³/mol. The summed E-state index contributed by atoms with van der Waals surface area (Å²) in [6, 6.07) is 10.4. The van der Waals surface area contributed by atoms with E-state index in [1.54, 1.807) is 0 Å². The van der Waals surface area contributed by atoms with Crippen LogP contribution in [-0.2, 0) is 11.3 Å². The maximum absolute atomic E-state index is 6.11. The Balaban J connectivity index is 1.61. The van der Waals surface area contributed by atoms with Crippen molar-refractivity contribution in [3.05, 3.63) is 41.4 Å². The summed E-state index contributed by atoms with van der Waals surface area (Å²) in [5.41, 5.74) is 2.74. The monoisotopic (exact) mass is 258 g/mol. The van der Waals surface area contributed by atoms with Crippen LogP contribution in [-0.4, -0.2) is 49.8 Å². The molecule has 1 aromatic rings. The van der Waals surface area contributed by atoms with Gasteiger partial charge in [0.05, 0.1) is 24.8 Å². The number of hydrogen-bond acceptors (Lipinski definition) is 4. The number of hydrogen-bond donors (Lipinski definition) is 2. The fourth-order valence-corrected chi connectivity index (χ4v) is 3.50. The van der Waals surface area contributed by atoms with Gasteiger partial charge in [-0.15, -0.1) is 0 Å². The molecule has 19 heavy (non-hydrogen) atoms. The lowest BCUT2D eigenvalue weighted by molar-refractivity contribution is -0.0709. The molecule has 0 aliphatic carbocycles. The van der Waals surface area contributed by atoms with Crippen molar-refractivity contribution in [3.8, 4) is 0 Å². The highest BCUT2D eigenvalue weighted by atomic mass is 16.5. The Hall–Kier alpha value is -0.940. The molecule has 2 unspecified atom stereocenters. The van der Waals surface area contributed by atoms with Gasteiger partial charge in [-0.25, -0.2) is 0 Å². The largest absolute Gasteiger partial charge is 0.373 e. The molecule has 3 heterocycles. The zero-order valence-electron chi connectivity index (χ0n) is 11.1. The molecule has 0 saturated carbocycles. The van der Waals surface area contributed by atoms with Crippen molar-refractivity contribution >= 4 is 0 Å². The molecule has 1 aromatic carbocycles. The molecule has 2 fully saturated rings. The summed E-state index contributed by atoms with van der Waals surface area (Å²) >= 11 is 0. The van der Waals surface area contributed by atoms with E-state index in [-0.39, 0.29) is 6.10 Å². The Kier molecular flexibility index (Phi) is 3.04. The Morgan fingerprint density at radius 1 is 1.21 bits per heavy atom. The van der Waals surface area contributed by atoms with E-state index in [2.05, 4.69) is 39.8 Å². The van der Waals surface area contributed by atoms with Crippen LogP contribution < -0.4 is 10.6 Å². The van der Waals surface area contributed by atoms with Gasteiger partial charge in [-0.3, -0.25) is 10.2 Å². The van der Waals surface area contributed by atoms with Crippen molar-refractivity contribution in [2.45, 2.75) is 18.7 Å². The summed E-state index contributed by atoms with van der Waals surface area (Å²) in [4.78, 5) is 2.57. The minimum absolute atomic E-state index is 0.185. The highest BCUT2D eigenvalue weighted by Crippen LogP contribution is 2.32. The van der Waals surface area contributed by atoms with Gasteiger partial charge in [0, 0.05) is 32.7 Å². The number of nitrogens with one attached hydrogen (secondary N) is 2. The first-order valence-electron chi connectivity index (χ1n) is 7.19. The van der Waals surface area contributed by atoms with Crippen LogP contribution in [0.1, 0.15) is 11.1 Å². The van der Waals surface area contributed by atoms with Crippen molar-refractivity contribution in [2.75, 3.05) is 32.8 Å². The summed E-state index contributed by atoms with van der Waals surface area (Å²) in [5, 5.41) is 7.06. The van der Waals surface area contributed by atoms with E-state index >= 15 is 0 Å². The summed E-state index contributed by atoms with van der Waals surface area (Å²) in [5.74, 6) is 0. The standard InChI is InChI=1S/C15H20N3O/c1-2-4-12-11(3-1)9-17-14(12)15-13-10-16-5-6-18(13)7-8-19-15/h1-4,13,15-17H,5-10H2. The molecule has 2 saturated heterocycles. The third kappa shape index (κ3) is 1.99. The fraction of sp³-hybridized carbons (Fsp3) is 0.533. The van der Waals surface area contributed by atoms with E-state index in [1.165, 1.54) is 17.2 Å². The second-order valence-electron chi connectivity index (χ2n) is 5.52. The van der Waals surface area contributed by atoms with E-state index in [4.69, 9.17) is 4.74 Å². The number of fused-ring (bicyclic) bond motifs is 2. The normalized spacial score (nSPS) is 32.0. The van der Waals surface area contributed by atoms with Gasteiger partial charge in [0.25, 0.3) is 0 Å². The van der Waals surface area contributed by atoms with Gasteiger partial charge in [-0.2, -0.15) is 0 Å². The SMILES string of the molecule is c1ccc2c(c1)CN[C]2C1OCCN2CCNCC12. The molecule has 0 spiro atoms. The number of morpholine rings is 1. The van der Waals surface area contributed by atoms with Crippen molar-refractivity contribution in [2.24, 2.45) is 0 Å². The summed E-state index contributed by atoms with van der Waals surface area (Å²) in [6.45, 7) is 6.11. The van der Waals surface area contributed by atoms with Crippen molar-refractivity contribution < 1.29 is 4.74 Å².